The smallest absolute Gasteiger partial charge is 0.310 e. The van der Waals surface area contributed by atoms with Gasteiger partial charge in [-0.05, 0) is 25.3 Å². The Morgan fingerprint density at radius 1 is 1.28 bits per heavy atom. The van der Waals surface area contributed by atoms with E-state index in [1.165, 1.54) is 0 Å². The van der Waals surface area contributed by atoms with Gasteiger partial charge in [0.25, 0.3) is 5.91 Å². The summed E-state index contributed by atoms with van der Waals surface area (Å²) < 4.78 is 6.72. The summed E-state index contributed by atoms with van der Waals surface area (Å²) in [6.07, 6.45) is 3.19. The number of aromatic nitrogens is 3. The number of amides is 1. The Kier molecular flexibility index (Phi) is 5.42. The molecule has 0 radical (unpaired) electrons. The lowest BCUT2D eigenvalue weighted by Gasteiger charge is -2.30. The molecule has 7 heteroatoms. The number of hydrogen-bond donors (Lipinski definition) is 0. The minimum absolute atomic E-state index is 0.187. The van der Waals surface area contributed by atoms with E-state index in [0.717, 1.165) is 18.4 Å². The zero-order valence-corrected chi connectivity index (χ0v) is 14.3. The molecule has 1 aliphatic rings. The third-order valence-electron chi connectivity index (χ3n) is 4.27. The van der Waals surface area contributed by atoms with Crippen LogP contribution in [-0.2, 0) is 16.1 Å². The second-order valence-corrected chi connectivity index (χ2v) is 6.13. The Morgan fingerprint density at radius 2 is 2.08 bits per heavy atom. The number of carbonyl (C=O) groups is 2. The topological polar surface area (TPSA) is 77.3 Å². The van der Waals surface area contributed by atoms with Crippen LogP contribution in [0.3, 0.4) is 0 Å². The standard InChI is InChI=1S/C18H22N4O3/c1-2-25-18(24)15-9-6-10-21(12-15)17(23)16-13-22(20-19-16)11-14-7-4-3-5-8-14/h3-5,7-8,13,15H,2,6,9-12H2,1H3. The second kappa shape index (κ2) is 7.92. The van der Waals surface area contributed by atoms with Gasteiger partial charge in [-0.3, -0.25) is 9.59 Å². The first-order valence-electron chi connectivity index (χ1n) is 8.57. The van der Waals surface area contributed by atoms with Crippen molar-refractivity contribution in [3.8, 4) is 0 Å². The van der Waals surface area contributed by atoms with Crippen molar-refractivity contribution in [1.29, 1.82) is 0 Å². The highest BCUT2D eigenvalue weighted by Crippen LogP contribution is 2.19. The van der Waals surface area contributed by atoms with Gasteiger partial charge in [0.2, 0.25) is 0 Å². The molecule has 25 heavy (non-hydrogen) atoms. The van der Waals surface area contributed by atoms with Gasteiger partial charge in [-0.1, -0.05) is 35.5 Å². The lowest BCUT2D eigenvalue weighted by molar-refractivity contribution is -0.149. The maximum atomic E-state index is 12.6. The van der Waals surface area contributed by atoms with Crippen LogP contribution in [0.25, 0.3) is 0 Å². The highest BCUT2D eigenvalue weighted by atomic mass is 16.5. The molecule has 0 saturated carbocycles. The molecule has 0 N–H and O–H groups in total. The van der Waals surface area contributed by atoms with Crippen molar-refractivity contribution >= 4 is 11.9 Å². The third kappa shape index (κ3) is 4.23. The third-order valence-corrected chi connectivity index (χ3v) is 4.27. The number of benzene rings is 1. The molecule has 1 atom stereocenters. The molecule has 1 unspecified atom stereocenters. The molecule has 1 aromatic carbocycles. The number of carbonyl (C=O) groups excluding carboxylic acids is 2. The van der Waals surface area contributed by atoms with Crippen molar-refractivity contribution in [3.63, 3.8) is 0 Å². The lowest BCUT2D eigenvalue weighted by Crippen LogP contribution is -2.43. The highest BCUT2D eigenvalue weighted by molar-refractivity contribution is 5.92. The highest BCUT2D eigenvalue weighted by Gasteiger charge is 2.30. The number of piperidine rings is 1. The number of rotatable bonds is 5. The molecule has 2 heterocycles. The fourth-order valence-corrected chi connectivity index (χ4v) is 3.02. The van der Waals surface area contributed by atoms with E-state index in [2.05, 4.69) is 10.3 Å². The summed E-state index contributed by atoms with van der Waals surface area (Å²) in [6.45, 7) is 3.71. The van der Waals surface area contributed by atoms with E-state index < -0.39 is 0 Å². The molecule has 1 amide bonds. The van der Waals surface area contributed by atoms with E-state index in [0.29, 0.717) is 31.9 Å². The molecule has 1 aliphatic heterocycles. The lowest BCUT2D eigenvalue weighted by atomic mass is 9.98. The number of likely N-dealkylation sites (tertiary alicyclic amines) is 1. The molecule has 132 valence electrons. The van der Waals surface area contributed by atoms with Crippen LogP contribution in [-0.4, -0.2) is 51.5 Å². The van der Waals surface area contributed by atoms with Crippen molar-refractivity contribution in [3.05, 3.63) is 47.8 Å². The number of esters is 1. The van der Waals surface area contributed by atoms with Crippen molar-refractivity contribution in [2.45, 2.75) is 26.3 Å². The molecule has 0 spiro atoms. The first-order valence-corrected chi connectivity index (χ1v) is 8.57. The maximum Gasteiger partial charge on any atom is 0.310 e. The molecule has 1 fully saturated rings. The van der Waals surface area contributed by atoms with Gasteiger partial charge in [-0.2, -0.15) is 0 Å². The van der Waals surface area contributed by atoms with Crippen LogP contribution < -0.4 is 0 Å². The summed E-state index contributed by atoms with van der Waals surface area (Å²) in [4.78, 5) is 26.2. The van der Waals surface area contributed by atoms with Crippen molar-refractivity contribution in [2.24, 2.45) is 5.92 Å². The molecule has 0 aliphatic carbocycles. The zero-order chi connectivity index (χ0) is 17.6. The average Bonchev–Trinajstić information content (AvgIpc) is 3.11. The second-order valence-electron chi connectivity index (χ2n) is 6.13. The molecule has 0 bridgehead atoms. The van der Waals surface area contributed by atoms with Crippen LogP contribution in [0.5, 0.6) is 0 Å². The quantitative estimate of drug-likeness (QED) is 0.774. The minimum Gasteiger partial charge on any atom is -0.466 e. The molecule has 2 aromatic rings. The zero-order valence-electron chi connectivity index (χ0n) is 14.3. The molecule has 1 saturated heterocycles. The normalized spacial score (nSPS) is 17.3. The van der Waals surface area contributed by atoms with Crippen LogP contribution in [0.4, 0.5) is 0 Å². The number of nitrogens with zero attached hydrogens (tertiary/aromatic N) is 4. The Balaban J connectivity index is 1.64. The molecule has 3 rings (SSSR count). The van der Waals surface area contributed by atoms with E-state index >= 15 is 0 Å². The minimum atomic E-state index is -0.253. The molecule has 1 aromatic heterocycles. The van der Waals surface area contributed by atoms with Crippen molar-refractivity contribution in [1.82, 2.24) is 19.9 Å². The summed E-state index contributed by atoms with van der Waals surface area (Å²) in [7, 11) is 0. The molecular weight excluding hydrogens is 320 g/mol. The summed E-state index contributed by atoms with van der Waals surface area (Å²) >= 11 is 0. The van der Waals surface area contributed by atoms with Gasteiger partial charge < -0.3 is 9.64 Å². The van der Waals surface area contributed by atoms with Gasteiger partial charge in [-0.25, -0.2) is 4.68 Å². The maximum absolute atomic E-state index is 12.6. The predicted octanol–water partition coefficient (Wildman–Crippen LogP) is 1.74. The van der Waals surface area contributed by atoms with E-state index in [4.69, 9.17) is 4.74 Å². The van der Waals surface area contributed by atoms with Gasteiger partial charge in [-0.15, -0.1) is 5.10 Å². The van der Waals surface area contributed by atoms with E-state index in [-0.39, 0.29) is 17.8 Å². The van der Waals surface area contributed by atoms with E-state index in [1.807, 2.05) is 30.3 Å². The van der Waals surface area contributed by atoms with E-state index in [1.54, 1.807) is 22.7 Å². The fraction of sp³-hybridized carbons (Fsp3) is 0.444. The van der Waals surface area contributed by atoms with Gasteiger partial charge in [0.15, 0.2) is 5.69 Å². The largest absolute Gasteiger partial charge is 0.466 e. The van der Waals surface area contributed by atoms with Crippen molar-refractivity contribution in [2.75, 3.05) is 19.7 Å². The summed E-state index contributed by atoms with van der Waals surface area (Å²) in [5.41, 5.74) is 1.40. The Morgan fingerprint density at radius 3 is 2.84 bits per heavy atom. The van der Waals surface area contributed by atoms with Crippen LogP contribution in [0.1, 0.15) is 35.8 Å². The number of hydrogen-bond acceptors (Lipinski definition) is 5. The van der Waals surface area contributed by atoms with E-state index in [9.17, 15) is 9.59 Å². The first-order chi connectivity index (χ1) is 12.2. The van der Waals surface area contributed by atoms with Gasteiger partial charge >= 0.3 is 5.97 Å². The number of ether oxygens (including phenoxy) is 1. The predicted molar refractivity (Wildman–Crippen MR) is 90.8 cm³/mol. The van der Waals surface area contributed by atoms with Crippen LogP contribution in [0, 0.1) is 5.92 Å². The monoisotopic (exact) mass is 342 g/mol. The van der Waals surface area contributed by atoms with Crippen LogP contribution in [0.15, 0.2) is 36.5 Å². The first kappa shape index (κ1) is 17.1. The average molecular weight is 342 g/mol. The Bertz CT molecular complexity index is 729. The van der Waals surface area contributed by atoms with Crippen LogP contribution >= 0.6 is 0 Å². The molecule has 7 nitrogen and oxygen atoms in total. The Hall–Kier alpha value is -2.70. The SMILES string of the molecule is CCOC(=O)C1CCCN(C(=O)c2cn(Cc3ccccc3)nn2)C1. The Labute approximate surface area is 146 Å². The van der Waals surface area contributed by atoms with Gasteiger partial charge in [0.1, 0.15) is 0 Å². The van der Waals surface area contributed by atoms with Crippen LogP contribution in [0.2, 0.25) is 0 Å². The fourth-order valence-electron chi connectivity index (χ4n) is 3.02. The van der Waals surface area contributed by atoms with Crippen molar-refractivity contribution < 1.29 is 14.3 Å². The van der Waals surface area contributed by atoms with Gasteiger partial charge in [0.05, 0.1) is 25.3 Å². The summed E-state index contributed by atoms with van der Waals surface area (Å²) in [5.74, 6) is -0.668. The molecular formula is C18H22N4O3. The summed E-state index contributed by atoms with van der Waals surface area (Å²) in [5, 5.41) is 8.04. The van der Waals surface area contributed by atoms with Gasteiger partial charge in [0, 0.05) is 13.1 Å². The summed E-state index contributed by atoms with van der Waals surface area (Å²) in [6, 6.07) is 9.87.